The van der Waals surface area contributed by atoms with Gasteiger partial charge in [-0.1, -0.05) is 6.07 Å². The second-order valence-electron chi connectivity index (χ2n) is 4.97. The fourth-order valence-corrected chi connectivity index (χ4v) is 2.02. The molecule has 2 rings (SSSR count). The first-order chi connectivity index (χ1) is 11.1. The standard InChI is InChI=1S/C17H20N4O2/c1-2-19-17(23)13-4-6-14(7-5-13)20-21-15-11-12(9-10-18)3-8-16(15)22/h3-8,11,22H,2,9-10,18H2,1H3,(H,19,23)/b21-20+. The largest absolute Gasteiger partial charge is 0.506 e. The van der Waals surface area contributed by atoms with Crippen molar-refractivity contribution >= 4 is 17.3 Å². The molecule has 0 aliphatic heterocycles. The average molecular weight is 312 g/mol. The molecule has 0 heterocycles. The van der Waals surface area contributed by atoms with Crippen molar-refractivity contribution in [3.8, 4) is 5.75 Å². The van der Waals surface area contributed by atoms with Crippen LogP contribution < -0.4 is 11.1 Å². The van der Waals surface area contributed by atoms with Gasteiger partial charge in [-0.3, -0.25) is 4.79 Å². The lowest BCUT2D eigenvalue weighted by atomic mass is 10.1. The Morgan fingerprint density at radius 1 is 1.17 bits per heavy atom. The van der Waals surface area contributed by atoms with Crippen LogP contribution in [0.2, 0.25) is 0 Å². The third kappa shape index (κ3) is 4.62. The van der Waals surface area contributed by atoms with Gasteiger partial charge in [-0.05, 0) is 61.9 Å². The molecule has 4 N–H and O–H groups in total. The zero-order valence-corrected chi connectivity index (χ0v) is 13.0. The number of carbonyl (C=O) groups is 1. The molecule has 0 bridgehead atoms. The Hall–Kier alpha value is -2.73. The Balaban J connectivity index is 2.14. The highest BCUT2D eigenvalue weighted by Gasteiger charge is 2.04. The van der Waals surface area contributed by atoms with Gasteiger partial charge in [0.25, 0.3) is 5.91 Å². The number of hydrogen-bond acceptors (Lipinski definition) is 5. The molecule has 0 radical (unpaired) electrons. The highest BCUT2D eigenvalue weighted by molar-refractivity contribution is 5.94. The normalized spacial score (nSPS) is 10.9. The van der Waals surface area contributed by atoms with E-state index < -0.39 is 0 Å². The summed E-state index contributed by atoms with van der Waals surface area (Å²) in [5.74, 6) is -0.0587. The van der Waals surface area contributed by atoms with Crippen molar-refractivity contribution in [1.29, 1.82) is 0 Å². The van der Waals surface area contributed by atoms with E-state index in [-0.39, 0.29) is 11.7 Å². The number of azo groups is 1. The number of phenolic OH excluding ortho intramolecular Hbond substituents is 1. The molecular formula is C17H20N4O2. The second kappa shape index (κ2) is 8.05. The fourth-order valence-electron chi connectivity index (χ4n) is 2.02. The third-order valence-corrected chi connectivity index (χ3v) is 3.21. The highest BCUT2D eigenvalue weighted by Crippen LogP contribution is 2.29. The van der Waals surface area contributed by atoms with E-state index in [9.17, 15) is 9.90 Å². The fraction of sp³-hybridized carbons (Fsp3) is 0.235. The van der Waals surface area contributed by atoms with E-state index in [1.54, 1.807) is 36.4 Å². The zero-order chi connectivity index (χ0) is 16.7. The number of nitrogens with one attached hydrogen (secondary N) is 1. The summed E-state index contributed by atoms with van der Waals surface area (Å²) in [7, 11) is 0. The maximum atomic E-state index is 11.7. The number of rotatable bonds is 6. The van der Waals surface area contributed by atoms with Crippen molar-refractivity contribution < 1.29 is 9.90 Å². The number of amides is 1. The van der Waals surface area contributed by atoms with Crippen LogP contribution in [0.25, 0.3) is 0 Å². The molecular weight excluding hydrogens is 292 g/mol. The summed E-state index contributed by atoms with van der Waals surface area (Å²) in [5, 5.41) is 20.7. The molecule has 0 saturated heterocycles. The molecule has 6 heteroatoms. The minimum Gasteiger partial charge on any atom is -0.506 e. The van der Waals surface area contributed by atoms with Crippen molar-refractivity contribution in [3.63, 3.8) is 0 Å². The molecule has 2 aromatic rings. The maximum absolute atomic E-state index is 11.7. The van der Waals surface area contributed by atoms with E-state index in [0.717, 1.165) is 5.56 Å². The first-order valence-electron chi connectivity index (χ1n) is 7.46. The first kappa shape index (κ1) is 16.6. The van der Waals surface area contributed by atoms with Crippen LogP contribution in [0.4, 0.5) is 11.4 Å². The van der Waals surface area contributed by atoms with Gasteiger partial charge in [-0.25, -0.2) is 0 Å². The summed E-state index contributed by atoms with van der Waals surface area (Å²) in [4.78, 5) is 11.7. The highest BCUT2D eigenvalue weighted by atomic mass is 16.3. The molecule has 0 aliphatic rings. The molecule has 0 fully saturated rings. The van der Waals surface area contributed by atoms with E-state index in [1.165, 1.54) is 0 Å². The van der Waals surface area contributed by atoms with Crippen molar-refractivity contribution in [2.24, 2.45) is 16.0 Å². The molecule has 120 valence electrons. The molecule has 1 amide bonds. The quantitative estimate of drug-likeness (QED) is 0.715. The summed E-state index contributed by atoms with van der Waals surface area (Å²) < 4.78 is 0. The Morgan fingerprint density at radius 2 is 1.91 bits per heavy atom. The van der Waals surface area contributed by atoms with E-state index in [1.807, 2.05) is 13.0 Å². The van der Waals surface area contributed by atoms with Crippen LogP contribution in [0.3, 0.4) is 0 Å². The molecule has 0 saturated carbocycles. The molecule has 2 aromatic carbocycles. The molecule has 0 atom stereocenters. The van der Waals surface area contributed by atoms with Crippen LogP contribution in [-0.4, -0.2) is 24.1 Å². The summed E-state index contributed by atoms with van der Waals surface area (Å²) >= 11 is 0. The van der Waals surface area contributed by atoms with Crippen LogP contribution in [0.1, 0.15) is 22.8 Å². The predicted molar refractivity (Wildman–Crippen MR) is 89.5 cm³/mol. The number of nitrogens with zero attached hydrogens (tertiary/aromatic N) is 2. The van der Waals surface area contributed by atoms with E-state index in [4.69, 9.17) is 5.73 Å². The number of phenols is 1. The summed E-state index contributed by atoms with van der Waals surface area (Å²) in [6.45, 7) is 2.98. The molecule has 0 unspecified atom stereocenters. The number of hydrogen-bond donors (Lipinski definition) is 3. The molecule has 6 nitrogen and oxygen atoms in total. The number of benzene rings is 2. The molecule has 0 spiro atoms. The van der Waals surface area contributed by atoms with Gasteiger partial charge >= 0.3 is 0 Å². The van der Waals surface area contributed by atoms with E-state index in [0.29, 0.717) is 36.4 Å². The lowest BCUT2D eigenvalue weighted by molar-refractivity contribution is 0.0956. The summed E-state index contributed by atoms with van der Waals surface area (Å²) in [6, 6.07) is 11.9. The van der Waals surface area contributed by atoms with Gasteiger partial charge in [0, 0.05) is 12.1 Å². The topological polar surface area (TPSA) is 100 Å². The molecule has 0 aromatic heterocycles. The Kier molecular flexibility index (Phi) is 5.82. The van der Waals surface area contributed by atoms with Crippen molar-refractivity contribution in [3.05, 3.63) is 53.6 Å². The van der Waals surface area contributed by atoms with Crippen LogP contribution in [-0.2, 0) is 6.42 Å². The van der Waals surface area contributed by atoms with Gasteiger partial charge in [0.2, 0.25) is 0 Å². The minimum atomic E-state index is -0.122. The van der Waals surface area contributed by atoms with E-state index >= 15 is 0 Å². The Bertz CT molecular complexity index is 696. The maximum Gasteiger partial charge on any atom is 0.251 e. The average Bonchev–Trinajstić information content (AvgIpc) is 2.56. The minimum absolute atomic E-state index is 0.0634. The van der Waals surface area contributed by atoms with Gasteiger partial charge in [0.15, 0.2) is 0 Å². The van der Waals surface area contributed by atoms with Gasteiger partial charge in [-0.2, -0.15) is 5.11 Å². The Labute approximate surface area is 135 Å². The number of aromatic hydroxyl groups is 1. The van der Waals surface area contributed by atoms with Crippen molar-refractivity contribution in [1.82, 2.24) is 5.32 Å². The Morgan fingerprint density at radius 3 is 2.57 bits per heavy atom. The number of nitrogens with two attached hydrogens (primary N) is 1. The SMILES string of the molecule is CCNC(=O)c1ccc(/N=N/c2cc(CCN)ccc2O)cc1. The van der Waals surface area contributed by atoms with E-state index in [2.05, 4.69) is 15.5 Å². The van der Waals surface area contributed by atoms with Crippen LogP contribution in [0, 0.1) is 0 Å². The zero-order valence-electron chi connectivity index (χ0n) is 13.0. The lowest BCUT2D eigenvalue weighted by Gasteiger charge is -2.03. The number of carbonyl (C=O) groups excluding carboxylic acids is 1. The van der Waals surface area contributed by atoms with Crippen molar-refractivity contribution in [2.75, 3.05) is 13.1 Å². The van der Waals surface area contributed by atoms with Crippen molar-refractivity contribution in [2.45, 2.75) is 13.3 Å². The first-order valence-corrected chi connectivity index (χ1v) is 7.46. The predicted octanol–water partition coefficient (Wildman–Crippen LogP) is 3.06. The second-order valence-corrected chi connectivity index (χ2v) is 4.97. The van der Waals surface area contributed by atoms with Gasteiger partial charge in [0.05, 0.1) is 5.69 Å². The molecule has 23 heavy (non-hydrogen) atoms. The summed E-state index contributed by atoms with van der Waals surface area (Å²) in [5.41, 5.74) is 8.08. The molecule has 0 aliphatic carbocycles. The van der Waals surface area contributed by atoms with Gasteiger partial charge in [0.1, 0.15) is 11.4 Å². The van der Waals surface area contributed by atoms with Gasteiger partial charge in [-0.15, -0.1) is 5.11 Å². The van der Waals surface area contributed by atoms with Crippen LogP contribution in [0.15, 0.2) is 52.7 Å². The lowest BCUT2D eigenvalue weighted by Crippen LogP contribution is -2.22. The van der Waals surface area contributed by atoms with Crippen LogP contribution in [0.5, 0.6) is 5.75 Å². The smallest absolute Gasteiger partial charge is 0.251 e. The monoisotopic (exact) mass is 312 g/mol. The van der Waals surface area contributed by atoms with Crippen LogP contribution >= 0.6 is 0 Å². The summed E-state index contributed by atoms with van der Waals surface area (Å²) in [6.07, 6.45) is 0.712. The third-order valence-electron chi connectivity index (χ3n) is 3.21. The van der Waals surface area contributed by atoms with Gasteiger partial charge < -0.3 is 16.2 Å².